The van der Waals surface area contributed by atoms with Crippen LogP contribution in [0.4, 0.5) is 0 Å². The second kappa shape index (κ2) is 5.88. The van der Waals surface area contributed by atoms with E-state index in [-0.39, 0.29) is 11.3 Å². The number of carboxylic acids is 1. The molecule has 1 aromatic rings. The minimum Gasteiger partial charge on any atom is -0.480 e. The summed E-state index contributed by atoms with van der Waals surface area (Å²) < 4.78 is 0. The number of hydrogen-bond acceptors (Lipinski definition) is 5. The molecule has 1 N–H and O–H groups in total. The van der Waals surface area contributed by atoms with Gasteiger partial charge in [0, 0.05) is 11.9 Å². The van der Waals surface area contributed by atoms with Crippen LogP contribution in [-0.4, -0.2) is 50.3 Å². The van der Waals surface area contributed by atoms with Crippen LogP contribution in [0.25, 0.3) is 0 Å². The molecule has 1 aliphatic heterocycles. The molecule has 2 unspecified atom stereocenters. The van der Waals surface area contributed by atoms with Gasteiger partial charge in [-0.3, -0.25) is 4.79 Å². The van der Waals surface area contributed by atoms with Crippen molar-refractivity contribution in [1.29, 1.82) is 0 Å². The van der Waals surface area contributed by atoms with Crippen molar-refractivity contribution in [2.24, 2.45) is 5.92 Å². The molecule has 5 nitrogen and oxygen atoms in total. The normalized spacial score (nSPS) is 25.1. The van der Waals surface area contributed by atoms with Crippen molar-refractivity contribution in [3.8, 4) is 0 Å². The number of nitrogens with zero attached hydrogens (tertiary/aromatic N) is 2. The van der Waals surface area contributed by atoms with Gasteiger partial charge in [-0.1, -0.05) is 0 Å². The maximum absolute atomic E-state index is 12.9. The minimum atomic E-state index is -0.923. The van der Waals surface area contributed by atoms with Gasteiger partial charge < -0.3 is 10.0 Å². The zero-order valence-corrected chi connectivity index (χ0v) is 13.2. The van der Waals surface area contributed by atoms with E-state index in [4.69, 9.17) is 0 Å². The number of aromatic nitrogens is 1. The minimum absolute atomic E-state index is 0.00601. The van der Waals surface area contributed by atoms with Gasteiger partial charge in [0.1, 0.15) is 11.1 Å². The monoisotopic (exact) mass is 324 g/mol. The first-order valence-corrected chi connectivity index (χ1v) is 9.07. The van der Waals surface area contributed by atoms with Crippen LogP contribution in [-0.2, 0) is 4.79 Å². The molecule has 1 aliphatic carbocycles. The van der Waals surface area contributed by atoms with Gasteiger partial charge in [-0.2, -0.15) is 0 Å². The molecular weight excluding hydrogens is 308 g/mol. The van der Waals surface area contributed by atoms with Crippen LogP contribution in [0, 0.1) is 5.92 Å². The standard InChI is InChI=1S/C14H16N2O3S2/c1-20-11-9(3-2-6-15-11)12(17)16-10(14(18)19)7-21-13(16)8-4-5-8/h2-3,6,8,10,13H,4-5,7H2,1H3,(H,18,19). The van der Waals surface area contributed by atoms with Crippen molar-refractivity contribution in [3.63, 3.8) is 0 Å². The van der Waals surface area contributed by atoms with Gasteiger partial charge in [0.05, 0.1) is 10.9 Å². The molecule has 112 valence electrons. The van der Waals surface area contributed by atoms with E-state index in [0.29, 0.717) is 22.3 Å². The Hall–Kier alpha value is -1.21. The van der Waals surface area contributed by atoms with Gasteiger partial charge in [-0.05, 0) is 37.1 Å². The van der Waals surface area contributed by atoms with Gasteiger partial charge in [-0.25, -0.2) is 9.78 Å². The highest BCUT2D eigenvalue weighted by Gasteiger charge is 2.48. The quantitative estimate of drug-likeness (QED) is 0.856. The summed E-state index contributed by atoms with van der Waals surface area (Å²) in [6, 6.07) is 2.72. The number of amides is 1. The fourth-order valence-electron chi connectivity index (χ4n) is 2.57. The third kappa shape index (κ3) is 2.76. The topological polar surface area (TPSA) is 70.5 Å². The molecule has 2 atom stereocenters. The van der Waals surface area contributed by atoms with Gasteiger partial charge in [0.15, 0.2) is 0 Å². The lowest BCUT2D eigenvalue weighted by Gasteiger charge is -2.27. The first-order valence-electron chi connectivity index (χ1n) is 6.79. The van der Waals surface area contributed by atoms with Gasteiger partial charge in [0.25, 0.3) is 5.91 Å². The molecule has 1 aromatic heterocycles. The van der Waals surface area contributed by atoms with Crippen molar-refractivity contribution < 1.29 is 14.7 Å². The number of aliphatic carboxylic acids is 1. The van der Waals surface area contributed by atoms with Crippen molar-refractivity contribution in [1.82, 2.24) is 9.88 Å². The molecule has 1 saturated carbocycles. The molecular formula is C14H16N2O3S2. The van der Waals surface area contributed by atoms with Crippen molar-refractivity contribution in [3.05, 3.63) is 23.9 Å². The summed E-state index contributed by atoms with van der Waals surface area (Å²) in [7, 11) is 0. The van der Waals surface area contributed by atoms with Gasteiger partial charge >= 0.3 is 5.97 Å². The first kappa shape index (κ1) is 14.7. The Balaban J connectivity index is 1.94. The molecule has 2 aliphatic rings. The van der Waals surface area contributed by atoms with Crippen molar-refractivity contribution in [2.45, 2.75) is 29.3 Å². The summed E-state index contributed by atoms with van der Waals surface area (Å²) in [5.74, 6) is -0.218. The summed E-state index contributed by atoms with van der Waals surface area (Å²) in [4.78, 5) is 30.1. The smallest absolute Gasteiger partial charge is 0.327 e. The van der Waals surface area contributed by atoms with E-state index in [2.05, 4.69) is 4.98 Å². The van der Waals surface area contributed by atoms with E-state index in [1.165, 1.54) is 11.8 Å². The summed E-state index contributed by atoms with van der Waals surface area (Å²) >= 11 is 3.00. The lowest BCUT2D eigenvalue weighted by Crippen LogP contribution is -2.46. The Labute approximate surface area is 131 Å². The average Bonchev–Trinajstić information content (AvgIpc) is 3.24. The highest BCUT2D eigenvalue weighted by Crippen LogP contribution is 2.46. The van der Waals surface area contributed by atoms with Crippen LogP contribution < -0.4 is 0 Å². The molecule has 0 bridgehead atoms. The SMILES string of the molecule is CSc1ncccc1C(=O)N1C(C(=O)O)CSC1C1CC1. The van der Waals surface area contributed by atoms with Crippen LogP contribution in [0.1, 0.15) is 23.2 Å². The van der Waals surface area contributed by atoms with E-state index in [1.54, 1.807) is 35.0 Å². The number of thioether (sulfide) groups is 2. The lowest BCUT2D eigenvalue weighted by molar-refractivity contribution is -0.141. The number of pyridine rings is 1. The van der Waals surface area contributed by atoms with Crippen LogP contribution in [0.5, 0.6) is 0 Å². The van der Waals surface area contributed by atoms with E-state index >= 15 is 0 Å². The summed E-state index contributed by atoms with van der Waals surface area (Å²) in [5.41, 5.74) is 0.504. The van der Waals surface area contributed by atoms with Crippen LogP contribution in [0.15, 0.2) is 23.4 Å². The lowest BCUT2D eigenvalue weighted by atomic mass is 10.2. The van der Waals surface area contributed by atoms with Crippen molar-refractivity contribution >= 4 is 35.4 Å². The summed E-state index contributed by atoms with van der Waals surface area (Å²) in [6.07, 6.45) is 5.67. The van der Waals surface area contributed by atoms with Crippen LogP contribution in [0.3, 0.4) is 0 Å². The average molecular weight is 324 g/mol. The molecule has 0 aromatic carbocycles. The van der Waals surface area contributed by atoms with E-state index in [1.807, 2.05) is 6.26 Å². The fraction of sp³-hybridized carbons (Fsp3) is 0.500. The maximum atomic E-state index is 12.9. The maximum Gasteiger partial charge on any atom is 0.327 e. The van der Waals surface area contributed by atoms with Crippen molar-refractivity contribution in [2.75, 3.05) is 12.0 Å². The Morgan fingerprint density at radius 2 is 2.24 bits per heavy atom. The first-order chi connectivity index (χ1) is 10.1. The van der Waals surface area contributed by atoms with Crippen LogP contribution in [0.2, 0.25) is 0 Å². The molecule has 2 heterocycles. The number of carbonyl (C=O) groups is 2. The number of carbonyl (C=O) groups excluding carboxylic acids is 1. The number of rotatable bonds is 4. The zero-order valence-electron chi connectivity index (χ0n) is 11.6. The molecule has 0 spiro atoms. The summed E-state index contributed by atoms with van der Waals surface area (Å²) in [5, 5.41) is 10.0. The molecule has 21 heavy (non-hydrogen) atoms. The van der Waals surface area contributed by atoms with Gasteiger partial charge in [-0.15, -0.1) is 23.5 Å². The Bertz CT molecular complexity index is 577. The highest BCUT2D eigenvalue weighted by atomic mass is 32.2. The Morgan fingerprint density at radius 3 is 2.86 bits per heavy atom. The molecule has 3 rings (SSSR count). The predicted molar refractivity (Wildman–Crippen MR) is 82.6 cm³/mol. The largest absolute Gasteiger partial charge is 0.480 e. The van der Waals surface area contributed by atoms with E-state index in [9.17, 15) is 14.7 Å². The second-order valence-corrected chi connectivity index (χ2v) is 7.13. The Kier molecular flexibility index (Phi) is 4.12. The molecule has 7 heteroatoms. The zero-order chi connectivity index (χ0) is 15.0. The third-order valence-corrected chi connectivity index (χ3v) is 5.95. The third-order valence-electron chi connectivity index (χ3n) is 3.77. The van der Waals surface area contributed by atoms with Crippen LogP contribution >= 0.6 is 23.5 Å². The highest BCUT2D eigenvalue weighted by molar-refractivity contribution is 8.00. The predicted octanol–water partition coefficient (Wildman–Crippen LogP) is 2.18. The Morgan fingerprint density at radius 1 is 1.48 bits per heavy atom. The fourth-order valence-corrected chi connectivity index (χ4v) is 4.75. The number of hydrogen-bond donors (Lipinski definition) is 1. The van der Waals surface area contributed by atoms with Gasteiger partial charge in [0.2, 0.25) is 0 Å². The van der Waals surface area contributed by atoms with E-state index in [0.717, 1.165) is 12.8 Å². The molecule has 1 saturated heterocycles. The molecule has 1 amide bonds. The molecule has 0 radical (unpaired) electrons. The second-order valence-electron chi connectivity index (χ2n) is 5.19. The summed E-state index contributed by atoms with van der Waals surface area (Å²) in [6.45, 7) is 0. The number of carboxylic acid groups (broad SMARTS) is 1. The van der Waals surface area contributed by atoms with E-state index < -0.39 is 12.0 Å². The molecule has 2 fully saturated rings.